The first kappa shape index (κ1) is 14.2. The quantitative estimate of drug-likeness (QED) is 0.806. The summed E-state index contributed by atoms with van der Waals surface area (Å²) in [6, 6.07) is 7.39. The number of hydrogen-bond acceptors (Lipinski definition) is 4. The normalized spacial score (nSPS) is 11.6. The van der Waals surface area contributed by atoms with Gasteiger partial charge >= 0.3 is 0 Å². The van der Waals surface area contributed by atoms with Crippen LogP contribution in [0.4, 0.5) is 0 Å². The van der Waals surface area contributed by atoms with Crippen molar-refractivity contribution in [1.29, 1.82) is 0 Å². The maximum atomic E-state index is 12.4. The fourth-order valence-electron chi connectivity index (χ4n) is 1.76. The maximum Gasteiger partial charge on any atom is 0.180 e. The molecule has 1 heterocycles. The molecule has 0 bridgehead atoms. The number of ketones is 1. The van der Waals surface area contributed by atoms with Crippen LogP contribution >= 0.6 is 23.1 Å². The number of aromatic nitrogens is 2. The van der Waals surface area contributed by atoms with E-state index in [-0.39, 0.29) is 17.6 Å². The standard InChI is InChI=1S/C14H15ClN2OS/c1-14(2,3)13-12(19-17-16-13)11(18)8-9-6-4-5-7-10(9)15/h4-7H,8H2,1-3H3. The number of carbonyl (C=O) groups excluding carboxylic acids is 1. The van der Waals surface area contributed by atoms with E-state index in [9.17, 15) is 4.79 Å². The Morgan fingerprint density at radius 3 is 2.63 bits per heavy atom. The number of carbonyl (C=O) groups is 1. The second kappa shape index (κ2) is 5.39. The van der Waals surface area contributed by atoms with Gasteiger partial charge in [0, 0.05) is 16.9 Å². The zero-order valence-corrected chi connectivity index (χ0v) is 12.7. The van der Waals surface area contributed by atoms with Gasteiger partial charge in [0.1, 0.15) is 4.88 Å². The van der Waals surface area contributed by atoms with Crippen LogP contribution in [-0.2, 0) is 11.8 Å². The Labute approximate surface area is 121 Å². The van der Waals surface area contributed by atoms with Crippen molar-refractivity contribution in [2.24, 2.45) is 0 Å². The highest BCUT2D eigenvalue weighted by Gasteiger charge is 2.26. The highest BCUT2D eigenvalue weighted by atomic mass is 35.5. The molecular formula is C14H15ClN2OS. The predicted molar refractivity (Wildman–Crippen MR) is 78.1 cm³/mol. The van der Waals surface area contributed by atoms with E-state index in [1.165, 1.54) is 0 Å². The molecule has 0 amide bonds. The molecule has 2 aromatic rings. The Morgan fingerprint density at radius 1 is 1.32 bits per heavy atom. The second-order valence-electron chi connectivity index (χ2n) is 5.39. The Kier molecular flexibility index (Phi) is 4.02. The Bertz CT molecular complexity index is 601. The van der Waals surface area contributed by atoms with E-state index in [2.05, 4.69) is 9.59 Å². The van der Waals surface area contributed by atoms with Crippen LogP contribution in [-0.4, -0.2) is 15.4 Å². The fourth-order valence-corrected chi connectivity index (χ4v) is 2.77. The third kappa shape index (κ3) is 3.19. The van der Waals surface area contributed by atoms with Crippen LogP contribution in [0.1, 0.15) is 41.7 Å². The summed E-state index contributed by atoms with van der Waals surface area (Å²) in [6.07, 6.45) is 0.284. The molecule has 5 heteroatoms. The summed E-state index contributed by atoms with van der Waals surface area (Å²) in [5.74, 6) is 0.0213. The third-order valence-corrected chi connectivity index (χ3v) is 3.90. The van der Waals surface area contributed by atoms with E-state index in [1.807, 2.05) is 39.0 Å². The number of benzene rings is 1. The highest BCUT2D eigenvalue weighted by Crippen LogP contribution is 2.27. The molecule has 0 saturated carbocycles. The van der Waals surface area contributed by atoms with Crippen LogP contribution < -0.4 is 0 Å². The van der Waals surface area contributed by atoms with Crippen LogP contribution in [0.3, 0.4) is 0 Å². The minimum atomic E-state index is -0.182. The topological polar surface area (TPSA) is 42.9 Å². The molecule has 1 aromatic heterocycles. The van der Waals surface area contributed by atoms with E-state index in [1.54, 1.807) is 6.07 Å². The van der Waals surface area contributed by atoms with Crippen molar-refractivity contribution in [3.63, 3.8) is 0 Å². The van der Waals surface area contributed by atoms with Crippen LogP contribution in [0.15, 0.2) is 24.3 Å². The average molecular weight is 295 g/mol. The monoisotopic (exact) mass is 294 g/mol. The van der Waals surface area contributed by atoms with Crippen molar-refractivity contribution in [3.8, 4) is 0 Å². The molecule has 2 rings (SSSR count). The molecule has 0 N–H and O–H groups in total. The number of rotatable bonds is 3. The fraction of sp³-hybridized carbons (Fsp3) is 0.357. The van der Waals surface area contributed by atoms with Gasteiger partial charge in [0.2, 0.25) is 0 Å². The summed E-state index contributed by atoms with van der Waals surface area (Å²) in [4.78, 5) is 13.0. The molecule has 1 aromatic carbocycles. The summed E-state index contributed by atoms with van der Waals surface area (Å²) in [7, 11) is 0. The van der Waals surface area contributed by atoms with Crippen molar-refractivity contribution in [1.82, 2.24) is 9.59 Å². The van der Waals surface area contributed by atoms with Crippen LogP contribution in [0.25, 0.3) is 0 Å². The third-order valence-electron chi connectivity index (χ3n) is 2.76. The minimum absolute atomic E-state index is 0.0213. The molecular weight excluding hydrogens is 280 g/mol. The Hall–Kier alpha value is -1.26. The van der Waals surface area contributed by atoms with Gasteiger partial charge in [0.15, 0.2) is 5.78 Å². The zero-order valence-electron chi connectivity index (χ0n) is 11.1. The SMILES string of the molecule is CC(C)(C)c1nnsc1C(=O)Cc1ccccc1Cl. The largest absolute Gasteiger partial charge is 0.293 e. The van der Waals surface area contributed by atoms with Crippen LogP contribution in [0.5, 0.6) is 0 Å². The zero-order chi connectivity index (χ0) is 14.0. The van der Waals surface area contributed by atoms with Crippen molar-refractivity contribution in [3.05, 3.63) is 45.4 Å². The molecule has 0 saturated heterocycles. The predicted octanol–water partition coefficient (Wildman–Crippen LogP) is 3.91. The van der Waals surface area contributed by atoms with Crippen LogP contribution in [0, 0.1) is 0 Å². The molecule has 0 atom stereocenters. The molecule has 0 aliphatic rings. The summed E-state index contributed by atoms with van der Waals surface area (Å²) < 4.78 is 3.91. The number of halogens is 1. The van der Waals surface area contributed by atoms with Gasteiger partial charge in [-0.15, -0.1) is 5.10 Å². The van der Waals surface area contributed by atoms with Crippen molar-refractivity contribution < 1.29 is 4.79 Å². The van der Waals surface area contributed by atoms with E-state index in [4.69, 9.17) is 11.6 Å². The van der Waals surface area contributed by atoms with E-state index >= 15 is 0 Å². The maximum absolute atomic E-state index is 12.4. The van der Waals surface area contributed by atoms with Gasteiger partial charge in [-0.25, -0.2) is 0 Å². The van der Waals surface area contributed by atoms with Gasteiger partial charge < -0.3 is 0 Å². The number of hydrogen-bond donors (Lipinski definition) is 0. The van der Waals surface area contributed by atoms with Gasteiger partial charge in [-0.1, -0.05) is 55.1 Å². The summed E-state index contributed by atoms with van der Waals surface area (Å²) >= 11 is 7.24. The lowest BCUT2D eigenvalue weighted by Gasteiger charge is -2.16. The average Bonchev–Trinajstić information content (AvgIpc) is 2.81. The number of Topliss-reactive ketones (excluding diaryl/α,β-unsaturated/α-hetero) is 1. The first-order valence-corrected chi connectivity index (χ1v) is 7.14. The van der Waals surface area contributed by atoms with Gasteiger partial charge in [0.05, 0.1) is 5.69 Å². The van der Waals surface area contributed by atoms with Crippen molar-refractivity contribution in [2.45, 2.75) is 32.6 Å². The lowest BCUT2D eigenvalue weighted by Crippen LogP contribution is -2.17. The molecule has 0 spiro atoms. The molecule has 0 aliphatic carbocycles. The summed E-state index contributed by atoms with van der Waals surface area (Å²) in [5, 5.41) is 4.70. The van der Waals surface area contributed by atoms with E-state index in [0.717, 1.165) is 22.8 Å². The Morgan fingerprint density at radius 2 is 2.00 bits per heavy atom. The van der Waals surface area contributed by atoms with Crippen molar-refractivity contribution in [2.75, 3.05) is 0 Å². The molecule has 3 nitrogen and oxygen atoms in total. The number of nitrogens with zero attached hydrogens (tertiary/aromatic N) is 2. The summed E-state index contributed by atoms with van der Waals surface area (Å²) in [5.41, 5.74) is 1.41. The molecule has 0 fully saturated rings. The van der Waals surface area contributed by atoms with Gasteiger partial charge in [-0.3, -0.25) is 4.79 Å². The van der Waals surface area contributed by atoms with E-state index in [0.29, 0.717) is 9.90 Å². The molecule has 100 valence electrons. The van der Waals surface area contributed by atoms with E-state index < -0.39 is 0 Å². The van der Waals surface area contributed by atoms with Gasteiger partial charge in [0.25, 0.3) is 0 Å². The van der Waals surface area contributed by atoms with Crippen molar-refractivity contribution >= 4 is 28.9 Å². The molecule has 0 unspecified atom stereocenters. The molecule has 19 heavy (non-hydrogen) atoms. The minimum Gasteiger partial charge on any atom is -0.293 e. The smallest absolute Gasteiger partial charge is 0.180 e. The first-order chi connectivity index (χ1) is 8.89. The lowest BCUT2D eigenvalue weighted by molar-refractivity contribution is 0.0994. The van der Waals surface area contributed by atoms with Crippen LogP contribution in [0.2, 0.25) is 5.02 Å². The summed E-state index contributed by atoms with van der Waals surface area (Å²) in [6.45, 7) is 6.07. The highest BCUT2D eigenvalue weighted by molar-refractivity contribution is 7.08. The molecule has 0 radical (unpaired) electrons. The second-order valence-corrected chi connectivity index (χ2v) is 6.55. The Balaban J connectivity index is 2.27. The first-order valence-electron chi connectivity index (χ1n) is 5.99. The lowest BCUT2D eigenvalue weighted by atomic mass is 9.90. The van der Waals surface area contributed by atoms with Gasteiger partial charge in [-0.05, 0) is 23.2 Å². The van der Waals surface area contributed by atoms with Gasteiger partial charge in [-0.2, -0.15) is 0 Å². The molecule has 0 aliphatic heterocycles.